The van der Waals surface area contributed by atoms with Crippen LogP contribution >= 0.6 is 0 Å². The van der Waals surface area contributed by atoms with E-state index in [4.69, 9.17) is 0 Å². The number of hydrogen-bond acceptors (Lipinski definition) is 4. The van der Waals surface area contributed by atoms with Crippen LogP contribution in [0, 0.1) is 5.92 Å². The number of aliphatic hydroxyl groups excluding tert-OH is 1. The van der Waals surface area contributed by atoms with Crippen LogP contribution in [0.3, 0.4) is 0 Å². The third-order valence-electron chi connectivity index (χ3n) is 3.57. The minimum atomic E-state index is -0.404. The highest BCUT2D eigenvalue weighted by Crippen LogP contribution is 2.11. The van der Waals surface area contributed by atoms with E-state index in [1.165, 1.54) is 0 Å². The number of aromatic nitrogens is 3. The molecule has 0 radical (unpaired) electrons. The predicted molar refractivity (Wildman–Crippen MR) is 83.4 cm³/mol. The van der Waals surface area contributed by atoms with Crippen LogP contribution in [0.1, 0.15) is 39.1 Å². The first-order chi connectivity index (χ1) is 10.5. The van der Waals surface area contributed by atoms with Gasteiger partial charge in [0.05, 0.1) is 12.1 Å². The van der Waals surface area contributed by atoms with Crippen molar-refractivity contribution in [2.45, 2.75) is 39.3 Å². The highest BCUT2D eigenvalue weighted by atomic mass is 16.3. The molecule has 0 aliphatic rings. The van der Waals surface area contributed by atoms with Gasteiger partial charge in [-0.1, -0.05) is 19.9 Å². The molecule has 0 fully saturated rings. The Morgan fingerprint density at radius 2 is 2.09 bits per heavy atom. The lowest BCUT2D eigenvalue weighted by Gasteiger charge is -2.16. The zero-order chi connectivity index (χ0) is 16.1. The summed E-state index contributed by atoms with van der Waals surface area (Å²) in [6.07, 6.45) is 1.99. The summed E-state index contributed by atoms with van der Waals surface area (Å²) in [4.78, 5) is 11.9. The first kappa shape index (κ1) is 16.2. The monoisotopic (exact) mass is 305 g/mol. The molecule has 2 aromatic heterocycles. The van der Waals surface area contributed by atoms with Gasteiger partial charge >= 0.3 is 6.03 Å². The number of nitrogens with one attached hydrogen (secondary N) is 2. The van der Waals surface area contributed by atoms with Crippen molar-refractivity contribution in [3.63, 3.8) is 0 Å². The van der Waals surface area contributed by atoms with Gasteiger partial charge in [0, 0.05) is 12.7 Å². The number of carbonyl (C=O) groups excluding carboxylic acids is 1. The Morgan fingerprint density at radius 1 is 1.32 bits per heavy atom. The van der Waals surface area contributed by atoms with Crippen molar-refractivity contribution < 1.29 is 9.90 Å². The molecule has 0 saturated carbocycles. The zero-order valence-electron chi connectivity index (χ0n) is 13.2. The van der Waals surface area contributed by atoms with Crippen LogP contribution in [0.25, 0.3) is 5.65 Å². The van der Waals surface area contributed by atoms with Gasteiger partial charge in [-0.05, 0) is 31.4 Å². The third kappa shape index (κ3) is 3.94. The van der Waals surface area contributed by atoms with Crippen LogP contribution < -0.4 is 10.6 Å². The molecule has 3 N–H and O–H groups in total. The zero-order valence-corrected chi connectivity index (χ0v) is 13.2. The molecule has 7 heteroatoms. The summed E-state index contributed by atoms with van der Waals surface area (Å²) in [5, 5.41) is 23.4. The number of aliphatic hydroxyl groups is 1. The van der Waals surface area contributed by atoms with Crippen molar-refractivity contribution in [3.8, 4) is 0 Å². The van der Waals surface area contributed by atoms with Crippen LogP contribution in [-0.4, -0.2) is 38.4 Å². The molecule has 0 saturated heterocycles. The van der Waals surface area contributed by atoms with Crippen molar-refractivity contribution in [1.29, 1.82) is 0 Å². The minimum Gasteiger partial charge on any atom is -0.393 e. The van der Waals surface area contributed by atoms with Crippen LogP contribution in [0.5, 0.6) is 0 Å². The van der Waals surface area contributed by atoms with Crippen LogP contribution in [0.4, 0.5) is 4.79 Å². The summed E-state index contributed by atoms with van der Waals surface area (Å²) in [6.45, 7) is 6.18. The predicted octanol–water partition coefficient (Wildman–Crippen LogP) is 1.50. The number of rotatable bonds is 6. The Hall–Kier alpha value is -2.15. The Morgan fingerprint density at radius 3 is 2.82 bits per heavy atom. The van der Waals surface area contributed by atoms with Crippen LogP contribution in [0.15, 0.2) is 24.4 Å². The summed E-state index contributed by atoms with van der Waals surface area (Å²) < 4.78 is 1.84. The standard InChI is InChI=1S/C15H23N5O2/c1-10(2)12(21)7-8-16-15(22)17-11(3)14-19-18-13-6-4-5-9-20(13)14/h4-6,9-12,21H,7-8H2,1-3H3,(H2,16,17,22). The molecule has 0 bridgehead atoms. The van der Waals surface area contributed by atoms with Crippen LogP contribution in [-0.2, 0) is 0 Å². The van der Waals surface area contributed by atoms with E-state index in [1.807, 2.05) is 49.6 Å². The lowest BCUT2D eigenvalue weighted by Crippen LogP contribution is -2.39. The second-order valence-corrected chi connectivity index (χ2v) is 5.71. The lowest BCUT2D eigenvalue weighted by molar-refractivity contribution is 0.116. The minimum absolute atomic E-state index is 0.186. The highest BCUT2D eigenvalue weighted by molar-refractivity contribution is 5.74. The maximum Gasteiger partial charge on any atom is 0.315 e. The fraction of sp³-hybridized carbons (Fsp3) is 0.533. The first-order valence-corrected chi connectivity index (χ1v) is 7.51. The van der Waals surface area contributed by atoms with Gasteiger partial charge in [0.25, 0.3) is 0 Å². The number of carbonyl (C=O) groups is 1. The largest absolute Gasteiger partial charge is 0.393 e. The normalized spacial score (nSPS) is 14.0. The van der Waals surface area contributed by atoms with Gasteiger partial charge in [-0.3, -0.25) is 4.40 Å². The number of urea groups is 1. The summed E-state index contributed by atoms with van der Waals surface area (Å²) in [6, 6.07) is 5.08. The number of amides is 2. The molecule has 0 aliphatic carbocycles. The molecule has 2 atom stereocenters. The molecule has 2 rings (SSSR count). The van der Waals surface area contributed by atoms with E-state index in [0.717, 1.165) is 5.65 Å². The average Bonchev–Trinajstić information content (AvgIpc) is 2.90. The number of hydrogen-bond donors (Lipinski definition) is 3. The van der Waals surface area contributed by atoms with Crippen molar-refractivity contribution in [2.24, 2.45) is 5.92 Å². The fourth-order valence-corrected chi connectivity index (χ4v) is 2.13. The second-order valence-electron chi connectivity index (χ2n) is 5.71. The molecule has 120 valence electrons. The van der Waals surface area contributed by atoms with Crippen molar-refractivity contribution >= 4 is 11.7 Å². The second kappa shape index (κ2) is 7.22. The first-order valence-electron chi connectivity index (χ1n) is 7.51. The van der Waals surface area contributed by atoms with Gasteiger partial charge in [0.15, 0.2) is 11.5 Å². The molecule has 0 aliphatic heterocycles. The molecule has 2 unspecified atom stereocenters. The maximum absolute atomic E-state index is 11.9. The number of fused-ring (bicyclic) bond motifs is 1. The molecule has 22 heavy (non-hydrogen) atoms. The molecule has 2 amide bonds. The van der Waals surface area contributed by atoms with E-state index in [9.17, 15) is 9.90 Å². The van der Waals surface area contributed by atoms with Gasteiger partial charge in [-0.25, -0.2) is 4.79 Å². The van der Waals surface area contributed by atoms with Crippen molar-refractivity contribution in [1.82, 2.24) is 25.2 Å². The molecular weight excluding hydrogens is 282 g/mol. The van der Waals surface area contributed by atoms with Gasteiger partial charge in [0.2, 0.25) is 0 Å². The van der Waals surface area contributed by atoms with E-state index >= 15 is 0 Å². The van der Waals surface area contributed by atoms with Gasteiger partial charge in [0.1, 0.15) is 0 Å². The van der Waals surface area contributed by atoms with Gasteiger partial charge in [-0.2, -0.15) is 0 Å². The van der Waals surface area contributed by atoms with Gasteiger partial charge in [-0.15, -0.1) is 10.2 Å². The molecule has 2 heterocycles. The Kier molecular flexibility index (Phi) is 5.32. The summed E-state index contributed by atoms with van der Waals surface area (Å²) in [5.74, 6) is 0.860. The smallest absolute Gasteiger partial charge is 0.315 e. The molecule has 0 spiro atoms. The molecule has 7 nitrogen and oxygen atoms in total. The molecule has 0 aromatic carbocycles. The molecular formula is C15H23N5O2. The van der Waals surface area contributed by atoms with Gasteiger partial charge < -0.3 is 15.7 Å². The Balaban J connectivity index is 1.86. The number of pyridine rings is 1. The van der Waals surface area contributed by atoms with E-state index in [-0.39, 0.29) is 18.0 Å². The Labute approximate surface area is 129 Å². The number of nitrogens with zero attached hydrogens (tertiary/aromatic N) is 3. The summed E-state index contributed by atoms with van der Waals surface area (Å²) in [5.41, 5.74) is 0.742. The Bertz CT molecular complexity index is 625. The quantitative estimate of drug-likeness (QED) is 0.754. The maximum atomic E-state index is 11.9. The van der Waals surface area contributed by atoms with Crippen molar-refractivity contribution in [2.75, 3.05) is 6.54 Å². The van der Waals surface area contributed by atoms with E-state index in [1.54, 1.807) is 0 Å². The SMILES string of the molecule is CC(NC(=O)NCCC(O)C(C)C)c1nnc2ccccn12. The third-order valence-corrected chi connectivity index (χ3v) is 3.57. The lowest BCUT2D eigenvalue weighted by atomic mass is 10.0. The highest BCUT2D eigenvalue weighted by Gasteiger charge is 2.16. The van der Waals surface area contributed by atoms with E-state index in [0.29, 0.717) is 18.8 Å². The summed E-state index contributed by atoms with van der Waals surface area (Å²) >= 11 is 0. The van der Waals surface area contributed by atoms with E-state index in [2.05, 4.69) is 20.8 Å². The molecule has 2 aromatic rings. The van der Waals surface area contributed by atoms with Crippen LogP contribution in [0.2, 0.25) is 0 Å². The average molecular weight is 305 g/mol. The van der Waals surface area contributed by atoms with Crippen molar-refractivity contribution in [3.05, 3.63) is 30.2 Å². The topological polar surface area (TPSA) is 91.5 Å². The summed E-state index contributed by atoms with van der Waals surface area (Å²) in [7, 11) is 0. The van der Waals surface area contributed by atoms with E-state index < -0.39 is 6.10 Å². The fourth-order valence-electron chi connectivity index (χ4n) is 2.13.